The highest BCUT2D eigenvalue weighted by Crippen LogP contribution is 2.33. The van der Waals surface area contributed by atoms with E-state index >= 15 is 0 Å². The summed E-state index contributed by atoms with van der Waals surface area (Å²) < 4.78 is 35.0. The normalized spacial score (nSPS) is 15.9. The number of hydrogen-bond donors (Lipinski definition) is 5. The molecule has 1 aromatic carbocycles. The zero-order valence-electron chi connectivity index (χ0n) is 15.7. The number of benzene rings is 1. The van der Waals surface area contributed by atoms with Crippen molar-refractivity contribution in [3.8, 4) is 5.75 Å². The first-order valence-corrected chi connectivity index (χ1v) is 9.27. The third-order valence-corrected chi connectivity index (χ3v) is 4.58. The summed E-state index contributed by atoms with van der Waals surface area (Å²) in [5.41, 5.74) is 7.08. The Morgan fingerprint density at radius 2 is 2.07 bits per heavy atom. The molecule has 2 heterocycles. The Balaban J connectivity index is 0.000000303. The number of imidazole rings is 1. The van der Waals surface area contributed by atoms with Crippen LogP contribution in [-0.4, -0.2) is 56.1 Å². The molecule has 164 valence electrons. The van der Waals surface area contributed by atoms with E-state index < -0.39 is 36.1 Å². The predicted molar refractivity (Wildman–Crippen MR) is 103 cm³/mol. The number of aromatic amines is 1. The Morgan fingerprint density at radius 1 is 1.37 bits per heavy atom. The van der Waals surface area contributed by atoms with Crippen molar-refractivity contribution < 1.29 is 38.4 Å². The lowest BCUT2D eigenvalue weighted by Crippen LogP contribution is -2.27. The molecule has 3 rings (SSSR count). The summed E-state index contributed by atoms with van der Waals surface area (Å²) in [6, 6.07) is 2.05. The van der Waals surface area contributed by atoms with Crippen LogP contribution < -0.4 is 10.5 Å². The molecule has 0 aliphatic carbocycles. The van der Waals surface area contributed by atoms with Gasteiger partial charge >= 0.3 is 11.9 Å². The largest absolute Gasteiger partial charge is 0.488 e. The van der Waals surface area contributed by atoms with Gasteiger partial charge in [0.15, 0.2) is 22.4 Å². The molecule has 30 heavy (non-hydrogen) atoms. The SMILES string of the molecule is NCCc1c[nH]c(=S)n1C1COc2c(F)cc(F)cc2C1.O=C(O)C[C@@H](O)C(=O)O. The van der Waals surface area contributed by atoms with Gasteiger partial charge in [0.1, 0.15) is 12.4 Å². The van der Waals surface area contributed by atoms with Crippen molar-refractivity contribution in [1.82, 2.24) is 9.55 Å². The number of rotatable bonds is 6. The second kappa shape index (κ2) is 10.3. The highest BCUT2D eigenvalue weighted by Gasteiger charge is 2.26. The summed E-state index contributed by atoms with van der Waals surface area (Å²) in [6.07, 6.45) is 0.413. The van der Waals surface area contributed by atoms with Gasteiger partial charge in [-0.3, -0.25) is 4.79 Å². The number of carboxylic acids is 2. The molecule has 2 atom stereocenters. The Morgan fingerprint density at radius 3 is 2.63 bits per heavy atom. The molecule has 0 saturated heterocycles. The second-order valence-corrected chi connectivity index (χ2v) is 6.88. The van der Waals surface area contributed by atoms with Crippen molar-refractivity contribution in [2.24, 2.45) is 5.73 Å². The average Bonchev–Trinajstić information content (AvgIpc) is 3.01. The summed E-state index contributed by atoms with van der Waals surface area (Å²) in [4.78, 5) is 22.4. The minimum absolute atomic E-state index is 0.0981. The van der Waals surface area contributed by atoms with Crippen LogP contribution in [-0.2, 0) is 22.4 Å². The van der Waals surface area contributed by atoms with Crippen LogP contribution >= 0.6 is 12.2 Å². The summed E-state index contributed by atoms with van der Waals surface area (Å²) >= 11 is 5.28. The lowest BCUT2D eigenvalue weighted by Gasteiger charge is -2.27. The summed E-state index contributed by atoms with van der Waals surface area (Å²) in [5, 5.41) is 24.1. The van der Waals surface area contributed by atoms with Gasteiger partial charge in [0.25, 0.3) is 0 Å². The number of carboxylic acid groups (broad SMARTS) is 2. The highest BCUT2D eigenvalue weighted by atomic mass is 32.1. The van der Waals surface area contributed by atoms with Crippen molar-refractivity contribution in [2.45, 2.75) is 31.4 Å². The van der Waals surface area contributed by atoms with Crippen LogP contribution in [0.3, 0.4) is 0 Å². The van der Waals surface area contributed by atoms with Gasteiger partial charge < -0.3 is 35.3 Å². The molecule has 6 N–H and O–H groups in total. The van der Waals surface area contributed by atoms with Crippen LogP contribution in [0, 0.1) is 16.4 Å². The van der Waals surface area contributed by atoms with Crippen LogP contribution in [0.2, 0.25) is 0 Å². The number of carbonyl (C=O) groups is 2. The van der Waals surface area contributed by atoms with Crippen LogP contribution in [0.5, 0.6) is 5.75 Å². The first-order chi connectivity index (χ1) is 14.1. The second-order valence-electron chi connectivity index (χ2n) is 6.49. The quantitative estimate of drug-likeness (QED) is 0.419. The fourth-order valence-corrected chi connectivity index (χ4v) is 3.32. The van der Waals surface area contributed by atoms with E-state index in [0.717, 1.165) is 11.8 Å². The lowest BCUT2D eigenvalue weighted by atomic mass is 10.0. The zero-order valence-corrected chi connectivity index (χ0v) is 16.5. The summed E-state index contributed by atoms with van der Waals surface area (Å²) in [7, 11) is 0. The van der Waals surface area contributed by atoms with Crippen LogP contribution in [0.1, 0.15) is 23.7 Å². The topological polar surface area (TPSA) is 151 Å². The van der Waals surface area contributed by atoms with E-state index in [1.165, 1.54) is 6.07 Å². The number of hydrogen-bond acceptors (Lipinski definition) is 6. The molecule has 12 heteroatoms. The maximum Gasteiger partial charge on any atom is 0.333 e. The number of aliphatic hydroxyl groups excluding tert-OH is 1. The molecule has 1 aliphatic rings. The van der Waals surface area contributed by atoms with Gasteiger partial charge in [-0.2, -0.15) is 0 Å². The molecule has 0 bridgehead atoms. The molecule has 1 unspecified atom stereocenters. The number of H-pyrrole nitrogens is 1. The minimum Gasteiger partial charge on any atom is -0.488 e. The van der Waals surface area contributed by atoms with Crippen molar-refractivity contribution in [1.29, 1.82) is 0 Å². The number of halogens is 2. The van der Waals surface area contributed by atoms with Crippen LogP contribution in [0.4, 0.5) is 8.78 Å². The third kappa shape index (κ3) is 5.84. The number of fused-ring (bicyclic) bond motifs is 1. The van der Waals surface area contributed by atoms with Gasteiger partial charge in [-0.1, -0.05) is 0 Å². The van der Waals surface area contributed by atoms with Gasteiger partial charge in [0.05, 0.1) is 12.5 Å². The van der Waals surface area contributed by atoms with E-state index in [1.807, 2.05) is 10.8 Å². The Labute approximate surface area is 174 Å². The number of nitrogens with one attached hydrogen (secondary N) is 1. The molecule has 0 fully saturated rings. The Bertz CT molecular complexity index is 977. The maximum absolute atomic E-state index is 13.7. The number of nitrogens with zero attached hydrogens (tertiary/aromatic N) is 1. The number of aliphatic carboxylic acids is 2. The summed E-state index contributed by atoms with van der Waals surface area (Å²) in [6.45, 7) is 0.791. The fourth-order valence-electron chi connectivity index (χ4n) is 2.99. The fraction of sp³-hybridized carbons (Fsp3) is 0.389. The number of ether oxygens (including phenoxy) is 1. The molecule has 0 amide bonds. The minimum atomic E-state index is -1.79. The van der Waals surface area contributed by atoms with Gasteiger partial charge in [0.2, 0.25) is 0 Å². The standard InChI is InChI=1S/C14H15F2N3OS.C4H6O5/c15-9-3-8-4-11(7-20-13(8)12(16)5-9)19-10(1-2-17)6-18-14(19)21;5-2(4(8)9)1-3(6)7/h3,5-6,11H,1-2,4,7,17H2,(H,18,21);2,5H,1H2,(H,6,7)(H,8,9)/t;2-/m.1/s1. The van der Waals surface area contributed by atoms with Gasteiger partial charge in [-0.15, -0.1) is 0 Å². The van der Waals surface area contributed by atoms with E-state index in [-0.39, 0.29) is 11.8 Å². The number of nitrogens with two attached hydrogens (primary N) is 1. The average molecular weight is 445 g/mol. The molecule has 2 aromatic rings. The molecule has 1 aliphatic heterocycles. The van der Waals surface area contributed by atoms with Crippen LogP contribution in [0.15, 0.2) is 18.3 Å². The smallest absolute Gasteiger partial charge is 0.333 e. The van der Waals surface area contributed by atoms with Gasteiger partial charge in [-0.05, 0) is 24.8 Å². The molecule has 0 spiro atoms. The van der Waals surface area contributed by atoms with E-state index in [1.54, 1.807) is 0 Å². The van der Waals surface area contributed by atoms with Crippen LogP contribution in [0.25, 0.3) is 0 Å². The highest BCUT2D eigenvalue weighted by molar-refractivity contribution is 7.71. The molecule has 1 aromatic heterocycles. The molecule has 0 radical (unpaired) electrons. The zero-order chi connectivity index (χ0) is 22.4. The summed E-state index contributed by atoms with van der Waals surface area (Å²) in [5.74, 6) is -3.98. The Kier molecular flexibility index (Phi) is 8.03. The first-order valence-electron chi connectivity index (χ1n) is 8.86. The van der Waals surface area contributed by atoms with Crippen molar-refractivity contribution in [3.05, 3.63) is 46.0 Å². The van der Waals surface area contributed by atoms with Gasteiger partial charge in [-0.25, -0.2) is 13.6 Å². The Hall–Kier alpha value is -2.83. The molecule has 9 nitrogen and oxygen atoms in total. The monoisotopic (exact) mass is 445 g/mol. The molecular weight excluding hydrogens is 424 g/mol. The number of aliphatic hydroxyl groups is 1. The van der Waals surface area contributed by atoms with E-state index in [4.69, 9.17) is 38.0 Å². The maximum atomic E-state index is 13.7. The molecular formula is C18H21F2N3O6S. The lowest BCUT2D eigenvalue weighted by molar-refractivity contribution is -0.152. The van der Waals surface area contributed by atoms with Crippen molar-refractivity contribution >= 4 is 24.2 Å². The third-order valence-electron chi connectivity index (χ3n) is 4.27. The molecule has 0 saturated carbocycles. The van der Waals surface area contributed by atoms with E-state index in [2.05, 4.69) is 4.98 Å². The number of aromatic nitrogens is 2. The van der Waals surface area contributed by atoms with Crippen molar-refractivity contribution in [3.63, 3.8) is 0 Å². The van der Waals surface area contributed by atoms with E-state index in [9.17, 15) is 18.4 Å². The van der Waals surface area contributed by atoms with Crippen molar-refractivity contribution in [2.75, 3.05) is 13.2 Å². The van der Waals surface area contributed by atoms with Gasteiger partial charge in [0, 0.05) is 36.4 Å². The van der Waals surface area contributed by atoms with E-state index in [0.29, 0.717) is 36.3 Å². The first kappa shape index (κ1) is 23.4. The predicted octanol–water partition coefficient (Wildman–Crippen LogP) is 1.41.